The van der Waals surface area contributed by atoms with E-state index in [2.05, 4.69) is 54.4 Å². The topological polar surface area (TPSA) is 40.5 Å². The third-order valence-electron chi connectivity index (χ3n) is 8.22. The van der Waals surface area contributed by atoms with E-state index in [1.165, 1.54) is 22.0 Å². The summed E-state index contributed by atoms with van der Waals surface area (Å²) >= 11 is 0.272. The molecule has 0 spiro atoms. The van der Waals surface area contributed by atoms with Crippen molar-refractivity contribution in [3.8, 4) is 5.75 Å². The zero-order valence-electron chi connectivity index (χ0n) is 17.1. The van der Waals surface area contributed by atoms with E-state index in [0.29, 0.717) is 23.5 Å². The maximum atomic E-state index is 11.7. The molecule has 152 valence electrons. The normalized spacial score (nSPS) is 35.9. The zero-order valence-corrected chi connectivity index (χ0v) is 18.8. The third-order valence-corrected chi connectivity index (χ3v) is 9.93. The van der Waals surface area contributed by atoms with Crippen LogP contribution < -0.4 is 4.46 Å². The molecular formula is C26H30O2Se. The number of aryl methyl sites for hydroxylation is 1. The average Bonchev–Trinajstić information content (AvgIpc) is 2.99. The first-order valence-corrected chi connectivity index (χ1v) is 12.8. The van der Waals surface area contributed by atoms with Crippen LogP contribution in [0.3, 0.4) is 0 Å². The quantitative estimate of drug-likeness (QED) is 0.671. The number of phenols is 1. The Morgan fingerprint density at radius 2 is 1.86 bits per heavy atom. The Kier molecular flexibility index (Phi) is 4.89. The number of aliphatic hydroxyl groups is 1. The van der Waals surface area contributed by atoms with Crippen LogP contribution in [0.1, 0.15) is 56.1 Å². The van der Waals surface area contributed by atoms with Crippen LogP contribution in [0, 0.1) is 17.3 Å². The summed E-state index contributed by atoms with van der Waals surface area (Å²) in [7, 11) is 0. The van der Waals surface area contributed by atoms with Crippen LogP contribution >= 0.6 is 0 Å². The van der Waals surface area contributed by atoms with Crippen molar-refractivity contribution in [2.24, 2.45) is 17.3 Å². The number of benzene rings is 2. The number of phenolic OH excluding ortho intramolecular Hbond substituents is 1. The predicted octanol–water partition coefficient (Wildman–Crippen LogP) is 4.52. The first-order valence-electron chi connectivity index (χ1n) is 10.9. The van der Waals surface area contributed by atoms with Gasteiger partial charge in [-0.25, -0.2) is 0 Å². The van der Waals surface area contributed by atoms with Crippen molar-refractivity contribution in [3.63, 3.8) is 0 Å². The maximum absolute atomic E-state index is 11.7. The minimum atomic E-state index is -0.672. The van der Waals surface area contributed by atoms with Crippen molar-refractivity contribution in [1.29, 1.82) is 0 Å². The fourth-order valence-electron chi connectivity index (χ4n) is 6.62. The molecule has 0 aliphatic heterocycles. The van der Waals surface area contributed by atoms with Crippen LogP contribution in [-0.4, -0.2) is 30.8 Å². The van der Waals surface area contributed by atoms with Crippen LogP contribution in [0.15, 0.2) is 59.6 Å². The Morgan fingerprint density at radius 1 is 1.03 bits per heavy atom. The van der Waals surface area contributed by atoms with Crippen LogP contribution in [0.5, 0.6) is 5.75 Å². The van der Waals surface area contributed by atoms with Gasteiger partial charge in [-0.05, 0) is 0 Å². The van der Waals surface area contributed by atoms with Gasteiger partial charge in [-0.2, -0.15) is 0 Å². The van der Waals surface area contributed by atoms with Crippen LogP contribution in [0.25, 0.3) is 0 Å². The van der Waals surface area contributed by atoms with Crippen LogP contribution in [-0.2, 0) is 6.42 Å². The van der Waals surface area contributed by atoms with E-state index < -0.39 is 5.60 Å². The first-order chi connectivity index (χ1) is 14.0. The van der Waals surface area contributed by atoms with E-state index in [1.54, 1.807) is 0 Å². The van der Waals surface area contributed by atoms with Gasteiger partial charge in [-0.3, -0.25) is 0 Å². The molecule has 2 nitrogen and oxygen atoms in total. The second-order valence-electron chi connectivity index (χ2n) is 9.45. The predicted molar refractivity (Wildman–Crippen MR) is 119 cm³/mol. The molecule has 0 bridgehead atoms. The molecule has 5 atom stereocenters. The van der Waals surface area contributed by atoms with Crippen molar-refractivity contribution in [2.45, 2.75) is 57.0 Å². The molecular weight excluding hydrogens is 423 g/mol. The summed E-state index contributed by atoms with van der Waals surface area (Å²) in [5.74, 6) is 2.23. The second-order valence-corrected chi connectivity index (χ2v) is 11.5. The third kappa shape index (κ3) is 3.19. The molecule has 3 heteroatoms. The second kappa shape index (κ2) is 7.30. The summed E-state index contributed by atoms with van der Waals surface area (Å²) in [6.07, 6.45) is 8.66. The summed E-state index contributed by atoms with van der Waals surface area (Å²) in [5, 5.41) is 21.6. The van der Waals surface area contributed by atoms with Crippen molar-refractivity contribution in [3.05, 3.63) is 70.7 Å². The number of aromatic hydroxyl groups is 1. The Balaban J connectivity index is 1.38. The van der Waals surface area contributed by atoms with Crippen LogP contribution in [0.2, 0.25) is 0 Å². The van der Waals surface area contributed by atoms with Gasteiger partial charge in [0, 0.05) is 0 Å². The van der Waals surface area contributed by atoms with E-state index in [1.807, 2.05) is 12.1 Å². The monoisotopic (exact) mass is 454 g/mol. The van der Waals surface area contributed by atoms with Gasteiger partial charge in [0.15, 0.2) is 0 Å². The summed E-state index contributed by atoms with van der Waals surface area (Å²) in [6, 6.07) is 16.6. The fourth-order valence-corrected chi connectivity index (χ4v) is 8.22. The van der Waals surface area contributed by atoms with Crippen molar-refractivity contribution < 1.29 is 10.2 Å². The summed E-state index contributed by atoms with van der Waals surface area (Å²) in [6.45, 7) is 2.35. The molecule has 3 aliphatic carbocycles. The molecule has 3 aliphatic rings. The molecule has 2 aromatic carbocycles. The van der Waals surface area contributed by atoms with E-state index >= 15 is 0 Å². The van der Waals surface area contributed by atoms with E-state index in [-0.39, 0.29) is 20.4 Å². The molecule has 2 fully saturated rings. The standard InChI is InChI=1S/C26H30O2Se/c1-25-13-11-22-21-10-8-19(27)17-18(21)7-9-23(22)24(25)12-14-26(25,28)15-16-29-20-5-3-2-4-6-20/h2-6,8,10,15-17,22-24,27-28H,7,9,11-14H2,1H3/b16-15+/t22-,23-,24+,25+,26-/m1/s1. The van der Waals surface area contributed by atoms with Gasteiger partial charge >= 0.3 is 180 Å². The molecule has 0 saturated heterocycles. The molecule has 2 aromatic rings. The summed E-state index contributed by atoms with van der Waals surface area (Å²) in [4.78, 5) is 2.25. The molecule has 0 aromatic heterocycles. The Labute approximate surface area is 180 Å². The molecule has 0 amide bonds. The first kappa shape index (κ1) is 19.4. The van der Waals surface area contributed by atoms with E-state index in [4.69, 9.17) is 0 Å². The molecule has 2 N–H and O–H groups in total. The molecule has 0 unspecified atom stereocenters. The number of hydrogen-bond acceptors (Lipinski definition) is 2. The van der Waals surface area contributed by atoms with Gasteiger partial charge < -0.3 is 0 Å². The number of hydrogen-bond donors (Lipinski definition) is 2. The summed E-state index contributed by atoms with van der Waals surface area (Å²) < 4.78 is 1.36. The van der Waals surface area contributed by atoms with Crippen molar-refractivity contribution in [2.75, 3.05) is 0 Å². The molecule has 0 radical (unpaired) electrons. The van der Waals surface area contributed by atoms with Crippen molar-refractivity contribution >= 4 is 19.4 Å². The SMILES string of the molecule is C[C@]12CC[C@@H]3c4ccc(O)cc4CC[C@H]3[C@@H]1CC[C@@]2(O)/C=C/[Se]c1ccccc1. The van der Waals surface area contributed by atoms with Gasteiger partial charge in [0.25, 0.3) is 0 Å². The molecule has 2 saturated carbocycles. The van der Waals surface area contributed by atoms with Gasteiger partial charge in [0.1, 0.15) is 0 Å². The Morgan fingerprint density at radius 3 is 2.69 bits per heavy atom. The zero-order chi connectivity index (χ0) is 20.1. The van der Waals surface area contributed by atoms with Crippen molar-refractivity contribution in [1.82, 2.24) is 0 Å². The average molecular weight is 453 g/mol. The minimum absolute atomic E-state index is 0.0220. The number of fused-ring (bicyclic) bond motifs is 5. The number of rotatable bonds is 3. The molecule has 29 heavy (non-hydrogen) atoms. The van der Waals surface area contributed by atoms with Gasteiger partial charge in [-0.1, -0.05) is 0 Å². The van der Waals surface area contributed by atoms with Gasteiger partial charge in [-0.15, -0.1) is 0 Å². The molecule has 0 heterocycles. The van der Waals surface area contributed by atoms with Crippen LogP contribution in [0.4, 0.5) is 0 Å². The summed E-state index contributed by atoms with van der Waals surface area (Å²) in [5.41, 5.74) is 2.10. The van der Waals surface area contributed by atoms with E-state index in [0.717, 1.165) is 32.1 Å². The Hall–Kier alpha value is -1.54. The van der Waals surface area contributed by atoms with E-state index in [9.17, 15) is 10.2 Å². The van der Waals surface area contributed by atoms with Gasteiger partial charge in [0.05, 0.1) is 0 Å². The molecule has 5 rings (SSSR count). The van der Waals surface area contributed by atoms with Gasteiger partial charge in [0.2, 0.25) is 0 Å². The fraction of sp³-hybridized carbons (Fsp3) is 0.462. The Bertz CT molecular complexity index is 924.